The molecule has 4 unspecified atom stereocenters. The number of nitrogens with one attached hydrogen (secondary N) is 1. The summed E-state index contributed by atoms with van der Waals surface area (Å²) in [5, 5.41) is 16.6. The van der Waals surface area contributed by atoms with Crippen molar-refractivity contribution in [2.75, 3.05) is 37.7 Å². The maximum absolute atomic E-state index is 16.6. The Morgan fingerprint density at radius 3 is 2.68 bits per heavy atom. The molecular weight excluding hydrogens is 543 g/mol. The summed E-state index contributed by atoms with van der Waals surface area (Å²) in [4.78, 5) is 18.8. The van der Waals surface area contributed by atoms with E-state index < -0.39 is 5.82 Å². The number of aromatic nitrogens is 3. The third-order valence-electron chi connectivity index (χ3n) is 9.61. The van der Waals surface area contributed by atoms with Gasteiger partial charge in [0.05, 0.1) is 12.0 Å². The van der Waals surface area contributed by atoms with Gasteiger partial charge in [0, 0.05) is 65.8 Å². The van der Waals surface area contributed by atoms with E-state index in [1.165, 1.54) is 0 Å². The van der Waals surface area contributed by atoms with Crippen LogP contribution in [0.25, 0.3) is 32.9 Å². The molecule has 8 rings (SSSR count). The van der Waals surface area contributed by atoms with E-state index in [2.05, 4.69) is 25.1 Å². The lowest BCUT2D eigenvalue weighted by molar-refractivity contribution is 0.0992. The summed E-state index contributed by atoms with van der Waals surface area (Å²) in [6.45, 7) is 3.33. The number of halogens is 2. The Morgan fingerprint density at radius 1 is 1.10 bits per heavy atom. The Labute approximate surface area is 242 Å². The number of benzene rings is 2. The monoisotopic (exact) mass is 574 g/mol. The molecule has 0 aliphatic carbocycles. The van der Waals surface area contributed by atoms with Gasteiger partial charge in [-0.3, -0.25) is 9.88 Å². The zero-order chi connectivity index (χ0) is 27.7. The van der Waals surface area contributed by atoms with Crippen LogP contribution >= 0.6 is 11.6 Å². The highest BCUT2D eigenvalue weighted by molar-refractivity contribution is 6.36. The first-order valence-electron chi connectivity index (χ1n) is 14.6. The number of ether oxygens (including phenoxy) is 1. The van der Waals surface area contributed by atoms with Gasteiger partial charge in [-0.15, -0.1) is 0 Å². The molecule has 4 aromatic rings. The van der Waals surface area contributed by atoms with Crippen molar-refractivity contribution in [3.63, 3.8) is 0 Å². The van der Waals surface area contributed by atoms with Crippen LogP contribution < -0.4 is 15.0 Å². The molecule has 10 heteroatoms. The second-order valence-corrected chi connectivity index (χ2v) is 12.5. The Hall–Kier alpha value is -3.11. The van der Waals surface area contributed by atoms with Crippen molar-refractivity contribution in [1.82, 2.24) is 25.2 Å². The van der Waals surface area contributed by atoms with Crippen LogP contribution in [0.1, 0.15) is 32.1 Å². The molecule has 4 atom stereocenters. The molecule has 2 N–H and O–H groups in total. The van der Waals surface area contributed by atoms with E-state index in [0.717, 1.165) is 56.1 Å². The topological polar surface area (TPSA) is 86.6 Å². The normalized spacial score (nSPS) is 27.7. The maximum Gasteiger partial charge on any atom is 0.319 e. The summed E-state index contributed by atoms with van der Waals surface area (Å²) in [6, 6.07) is 12.3. The van der Waals surface area contributed by atoms with Gasteiger partial charge in [0.1, 0.15) is 23.1 Å². The van der Waals surface area contributed by atoms with Crippen molar-refractivity contribution in [3.05, 3.63) is 53.4 Å². The minimum absolute atomic E-state index is 0.109. The quantitative estimate of drug-likeness (QED) is 0.359. The molecule has 0 spiro atoms. The number of piperazine rings is 1. The van der Waals surface area contributed by atoms with Crippen LogP contribution in [0.4, 0.5) is 10.2 Å². The van der Waals surface area contributed by atoms with E-state index in [-0.39, 0.29) is 35.5 Å². The van der Waals surface area contributed by atoms with Crippen molar-refractivity contribution < 1.29 is 14.2 Å². The molecule has 4 fully saturated rings. The predicted octanol–water partition coefficient (Wildman–Crippen LogP) is 4.56. The number of fused-ring (bicyclic) bond motifs is 5. The summed E-state index contributed by atoms with van der Waals surface area (Å²) in [5.41, 5.74) is 0.780. The lowest BCUT2D eigenvalue weighted by Crippen LogP contribution is -2.51. The first-order chi connectivity index (χ1) is 20.0. The molecule has 0 amide bonds. The van der Waals surface area contributed by atoms with E-state index in [0.29, 0.717) is 46.8 Å². The number of aliphatic hydroxyl groups is 1. The first kappa shape index (κ1) is 25.6. The first-order valence-corrected chi connectivity index (χ1v) is 15.0. The Kier molecular flexibility index (Phi) is 6.07. The number of aliphatic hydroxyl groups excluding tert-OH is 1. The van der Waals surface area contributed by atoms with Crippen molar-refractivity contribution in [3.8, 4) is 17.3 Å². The van der Waals surface area contributed by atoms with Crippen molar-refractivity contribution >= 4 is 39.1 Å². The van der Waals surface area contributed by atoms with Gasteiger partial charge in [0.15, 0.2) is 5.82 Å². The standard InChI is InChI=1S/C31H32ClFN6O2/c32-24-7-2-5-18-4-1-6-22(25(18)24)27-26(33)28-23(13-34-27)29(38-14-19-8-9-20(15-38)35-19)37-30(36-28)41-21-12-31(17-40)10-3-11-39(31)16-21/h1-2,4-7,13,19-21,35,40H,3,8-12,14-17H2. The molecule has 2 aromatic carbocycles. The van der Waals surface area contributed by atoms with Crippen LogP contribution in [0.2, 0.25) is 5.02 Å². The van der Waals surface area contributed by atoms with Crippen LogP contribution in [0.15, 0.2) is 42.6 Å². The van der Waals surface area contributed by atoms with Crippen molar-refractivity contribution in [1.29, 1.82) is 0 Å². The van der Waals surface area contributed by atoms with Gasteiger partial charge in [-0.1, -0.05) is 41.9 Å². The lowest BCUT2D eigenvalue weighted by Gasteiger charge is -2.34. The fourth-order valence-electron chi connectivity index (χ4n) is 7.68. The summed E-state index contributed by atoms with van der Waals surface area (Å²) in [6.07, 6.45) is 6.49. The van der Waals surface area contributed by atoms with E-state index in [1.54, 1.807) is 6.20 Å². The minimum Gasteiger partial charge on any atom is -0.459 e. The molecule has 2 bridgehead atoms. The molecule has 6 heterocycles. The third kappa shape index (κ3) is 4.16. The van der Waals surface area contributed by atoms with Gasteiger partial charge in [0.2, 0.25) is 0 Å². The Bertz CT molecular complexity index is 1650. The minimum atomic E-state index is -0.514. The van der Waals surface area contributed by atoms with Gasteiger partial charge in [-0.2, -0.15) is 9.97 Å². The number of pyridine rings is 1. The molecule has 0 saturated carbocycles. The van der Waals surface area contributed by atoms with Crippen LogP contribution in [0, 0.1) is 5.82 Å². The average Bonchev–Trinajstić information content (AvgIpc) is 3.64. The summed E-state index contributed by atoms with van der Waals surface area (Å²) >= 11 is 6.60. The number of anilines is 1. The van der Waals surface area contributed by atoms with E-state index in [4.69, 9.17) is 21.3 Å². The lowest BCUT2D eigenvalue weighted by atomic mass is 9.94. The van der Waals surface area contributed by atoms with Crippen LogP contribution in [0.3, 0.4) is 0 Å². The molecule has 4 saturated heterocycles. The van der Waals surface area contributed by atoms with Gasteiger partial charge >= 0.3 is 6.01 Å². The fraction of sp³-hybridized carbons (Fsp3) is 0.452. The summed E-state index contributed by atoms with van der Waals surface area (Å²) in [7, 11) is 0. The fourth-order valence-corrected chi connectivity index (χ4v) is 7.97. The summed E-state index contributed by atoms with van der Waals surface area (Å²) in [5.74, 6) is 0.146. The molecule has 2 aromatic heterocycles. The second-order valence-electron chi connectivity index (χ2n) is 12.1. The summed E-state index contributed by atoms with van der Waals surface area (Å²) < 4.78 is 23.0. The SMILES string of the molecule is OCC12CCCN1CC(Oc1nc(N3CC4CCC(C3)N4)c3cnc(-c4cccc5cccc(Cl)c45)c(F)c3n1)C2. The van der Waals surface area contributed by atoms with Crippen LogP contribution in [-0.4, -0.2) is 81.5 Å². The van der Waals surface area contributed by atoms with E-state index >= 15 is 4.39 Å². The zero-order valence-corrected chi connectivity index (χ0v) is 23.4. The van der Waals surface area contributed by atoms with Gasteiger partial charge in [-0.05, 0) is 43.7 Å². The average molecular weight is 575 g/mol. The highest BCUT2D eigenvalue weighted by atomic mass is 35.5. The molecule has 41 heavy (non-hydrogen) atoms. The largest absolute Gasteiger partial charge is 0.459 e. The van der Waals surface area contributed by atoms with Gasteiger partial charge < -0.3 is 20.1 Å². The second kappa shape index (κ2) is 9.73. The van der Waals surface area contributed by atoms with E-state index in [1.807, 2.05) is 36.4 Å². The van der Waals surface area contributed by atoms with Crippen LogP contribution in [-0.2, 0) is 0 Å². The molecule has 4 aliphatic rings. The van der Waals surface area contributed by atoms with Crippen LogP contribution in [0.5, 0.6) is 6.01 Å². The molecule has 212 valence electrons. The predicted molar refractivity (Wildman–Crippen MR) is 157 cm³/mol. The smallest absolute Gasteiger partial charge is 0.319 e. The van der Waals surface area contributed by atoms with Crippen molar-refractivity contribution in [2.24, 2.45) is 0 Å². The van der Waals surface area contributed by atoms with Gasteiger partial charge in [0.25, 0.3) is 0 Å². The van der Waals surface area contributed by atoms with E-state index in [9.17, 15) is 5.11 Å². The Morgan fingerprint density at radius 2 is 1.90 bits per heavy atom. The highest BCUT2D eigenvalue weighted by Gasteiger charge is 2.49. The van der Waals surface area contributed by atoms with Gasteiger partial charge in [-0.25, -0.2) is 4.39 Å². The number of rotatable bonds is 5. The number of hydrogen-bond acceptors (Lipinski definition) is 8. The Balaban J connectivity index is 1.25. The zero-order valence-electron chi connectivity index (χ0n) is 22.7. The number of nitrogens with zero attached hydrogens (tertiary/aromatic N) is 5. The van der Waals surface area contributed by atoms with Crippen molar-refractivity contribution in [2.45, 2.75) is 55.8 Å². The maximum atomic E-state index is 16.6. The highest BCUT2D eigenvalue weighted by Crippen LogP contribution is 2.41. The molecule has 0 radical (unpaired) electrons. The number of hydrogen-bond donors (Lipinski definition) is 2. The molecule has 4 aliphatic heterocycles. The molecule has 8 nitrogen and oxygen atoms in total. The third-order valence-corrected chi connectivity index (χ3v) is 9.92. The molecular formula is C31H32ClFN6O2.